The van der Waals surface area contributed by atoms with E-state index in [1.807, 2.05) is 0 Å². The van der Waals surface area contributed by atoms with Crippen molar-refractivity contribution in [2.24, 2.45) is 0 Å². The lowest BCUT2D eigenvalue weighted by Crippen LogP contribution is -2.41. The first-order valence-electron chi connectivity index (χ1n) is 8.26. The van der Waals surface area contributed by atoms with Gasteiger partial charge in [0.25, 0.3) is 0 Å². The number of hydrogen-bond donors (Lipinski definition) is 3. The Morgan fingerprint density at radius 1 is 0.818 bits per heavy atom. The van der Waals surface area contributed by atoms with Gasteiger partial charge in [-0.3, -0.25) is 0 Å². The predicted octanol–water partition coefficient (Wildman–Crippen LogP) is 2.82. The molecule has 0 aromatic heterocycles. The molecule has 0 fully saturated rings. The van der Waals surface area contributed by atoms with Crippen molar-refractivity contribution in [3.63, 3.8) is 0 Å². The summed E-state index contributed by atoms with van der Waals surface area (Å²) in [4.78, 5) is 21.4. The van der Waals surface area contributed by atoms with Gasteiger partial charge in [-0.15, -0.1) is 0 Å². The van der Waals surface area contributed by atoms with Gasteiger partial charge in [0.2, 0.25) is 0 Å². The molecule has 0 rings (SSSR count). The number of aliphatic carboxylic acids is 2. The van der Waals surface area contributed by atoms with E-state index in [0.717, 1.165) is 19.3 Å². The van der Waals surface area contributed by atoms with E-state index in [1.165, 1.54) is 38.5 Å². The van der Waals surface area contributed by atoms with Gasteiger partial charge in [-0.2, -0.15) is 0 Å². The molecule has 0 bridgehead atoms. The van der Waals surface area contributed by atoms with Gasteiger partial charge in [-0.05, 0) is 6.42 Å². The second-order valence-electron chi connectivity index (χ2n) is 5.59. The number of carboxylic acid groups (broad SMARTS) is 2. The summed E-state index contributed by atoms with van der Waals surface area (Å²) in [5, 5.41) is 26.6. The molecule has 2 atom stereocenters. The normalized spacial score (nSPS) is 13.7. The highest BCUT2D eigenvalue weighted by atomic mass is 16.5. The van der Waals surface area contributed by atoms with Gasteiger partial charge in [0.15, 0.2) is 12.2 Å². The molecule has 0 radical (unpaired) electrons. The smallest absolute Gasteiger partial charge is 0.336 e. The Morgan fingerprint density at radius 3 is 1.68 bits per heavy atom. The quantitative estimate of drug-likeness (QED) is 0.401. The number of hydrogen-bond acceptors (Lipinski definition) is 4. The minimum absolute atomic E-state index is 0.151. The van der Waals surface area contributed by atoms with E-state index in [2.05, 4.69) is 6.92 Å². The Labute approximate surface area is 132 Å². The van der Waals surface area contributed by atoms with Gasteiger partial charge >= 0.3 is 11.9 Å². The van der Waals surface area contributed by atoms with Crippen molar-refractivity contribution in [2.45, 2.75) is 83.3 Å². The van der Waals surface area contributed by atoms with Gasteiger partial charge < -0.3 is 20.1 Å². The molecule has 0 spiro atoms. The molecule has 6 nitrogen and oxygen atoms in total. The van der Waals surface area contributed by atoms with E-state index in [4.69, 9.17) is 14.9 Å². The molecular weight excluding hydrogens is 288 g/mol. The third-order valence-electron chi connectivity index (χ3n) is 3.58. The second kappa shape index (κ2) is 13.5. The number of rotatable bonds is 15. The highest BCUT2D eigenvalue weighted by Crippen LogP contribution is 2.11. The van der Waals surface area contributed by atoms with E-state index >= 15 is 0 Å². The van der Waals surface area contributed by atoms with Crippen LogP contribution in [-0.2, 0) is 14.3 Å². The molecule has 0 aliphatic rings. The van der Waals surface area contributed by atoms with Crippen molar-refractivity contribution in [1.82, 2.24) is 0 Å². The molecule has 6 heteroatoms. The molecule has 0 heterocycles. The van der Waals surface area contributed by atoms with Crippen LogP contribution in [0, 0.1) is 0 Å². The molecule has 0 saturated heterocycles. The Bertz CT molecular complexity index is 305. The molecular formula is C16H30O6. The van der Waals surface area contributed by atoms with Crippen molar-refractivity contribution < 1.29 is 29.6 Å². The fraction of sp³-hybridized carbons (Fsp3) is 0.875. The number of carboxylic acids is 2. The summed E-state index contributed by atoms with van der Waals surface area (Å²) in [5.74, 6) is -3.04. The van der Waals surface area contributed by atoms with Crippen LogP contribution in [-0.4, -0.2) is 46.1 Å². The molecule has 0 aliphatic carbocycles. The zero-order valence-electron chi connectivity index (χ0n) is 13.5. The van der Waals surface area contributed by atoms with E-state index in [-0.39, 0.29) is 6.61 Å². The highest BCUT2D eigenvalue weighted by molar-refractivity contribution is 5.83. The van der Waals surface area contributed by atoms with Crippen LogP contribution >= 0.6 is 0 Å². The number of carbonyl (C=O) groups is 2. The van der Waals surface area contributed by atoms with Crippen LogP contribution in [0.3, 0.4) is 0 Å². The van der Waals surface area contributed by atoms with Gasteiger partial charge in [0.05, 0.1) is 0 Å². The number of aliphatic hydroxyl groups excluding tert-OH is 1. The lowest BCUT2D eigenvalue weighted by Gasteiger charge is -2.16. The van der Waals surface area contributed by atoms with Crippen LogP contribution in [0.4, 0.5) is 0 Å². The summed E-state index contributed by atoms with van der Waals surface area (Å²) in [7, 11) is 0. The summed E-state index contributed by atoms with van der Waals surface area (Å²) in [6, 6.07) is 0. The van der Waals surface area contributed by atoms with E-state index in [0.29, 0.717) is 6.42 Å². The van der Waals surface area contributed by atoms with Crippen LogP contribution in [0.2, 0.25) is 0 Å². The SMILES string of the molecule is CCCCCCCCCCCCOC(C(=O)O)C(O)C(=O)O. The maximum absolute atomic E-state index is 10.8. The van der Waals surface area contributed by atoms with E-state index in [1.54, 1.807) is 0 Å². The van der Waals surface area contributed by atoms with Crippen molar-refractivity contribution in [2.75, 3.05) is 6.61 Å². The molecule has 0 amide bonds. The third kappa shape index (κ3) is 10.6. The number of ether oxygens (including phenoxy) is 1. The Kier molecular flexibility index (Phi) is 12.8. The maximum atomic E-state index is 10.8. The average molecular weight is 318 g/mol. The highest BCUT2D eigenvalue weighted by Gasteiger charge is 2.32. The number of aliphatic hydroxyl groups is 1. The largest absolute Gasteiger partial charge is 0.479 e. The minimum Gasteiger partial charge on any atom is -0.479 e. The Hall–Kier alpha value is -1.14. The van der Waals surface area contributed by atoms with Crippen LogP contribution in [0.25, 0.3) is 0 Å². The first-order chi connectivity index (χ1) is 10.5. The summed E-state index contributed by atoms with van der Waals surface area (Å²) < 4.78 is 4.97. The topological polar surface area (TPSA) is 104 Å². The van der Waals surface area contributed by atoms with Gasteiger partial charge in [0.1, 0.15) is 0 Å². The summed E-state index contributed by atoms with van der Waals surface area (Å²) in [5.41, 5.74) is 0. The molecule has 0 aliphatic heterocycles. The van der Waals surface area contributed by atoms with Crippen molar-refractivity contribution >= 4 is 11.9 Å². The second-order valence-corrected chi connectivity index (χ2v) is 5.59. The maximum Gasteiger partial charge on any atom is 0.336 e. The fourth-order valence-electron chi connectivity index (χ4n) is 2.23. The van der Waals surface area contributed by atoms with Crippen molar-refractivity contribution in [3.8, 4) is 0 Å². The van der Waals surface area contributed by atoms with E-state index in [9.17, 15) is 14.7 Å². The zero-order chi connectivity index (χ0) is 16.8. The predicted molar refractivity (Wildman–Crippen MR) is 82.9 cm³/mol. The minimum atomic E-state index is -2.03. The van der Waals surface area contributed by atoms with Gasteiger partial charge in [-0.1, -0.05) is 64.7 Å². The molecule has 0 saturated carbocycles. The Balaban J connectivity index is 3.54. The number of unbranched alkanes of at least 4 members (excludes halogenated alkanes) is 9. The first kappa shape index (κ1) is 20.9. The van der Waals surface area contributed by atoms with Crippen LogP contribution in [0.5, 0.6) is 0 Å². The Morgan fingerprint density at radius 2 is 1.27 bits per heavy atom. The van der Waals surface area contributed by atoms with E-state index < -0.39 is 24.1 Å². The van der Waals surface area contributed by atoms with Crippen molar-refractivity contribution in [3.05, 3.63) is 0 Å². The summed E-state index contributed by atoms with van der Waals surface area (Å²) >= 11 is 0. The van der Waals surface area contributed by atoms with Crippen LogP contribution < -0.4 is 0 Å². The molecule has 130 valence electrons. The average Bonchev–Trinajstić information content (AvgIpc) is 2.47. The van der Waals surface area contributed by atoms with Crippen LogP contribution in [0.15, 0.2) is 0 Å². The van der Waals surface area contributed by atoms with Crippen molar-refractivity contribution in [1.29, 1.82) is 0 Å². The standard InChI is InChI=1S/C16H30O6/c1-2-3-4-5-6-7-8-9-10-11-12-22-14(16(20)21)13(17)15(18)19/h13-14,17H,2-12H2,1H3,(H,18,19)(H,20,21). The summed E-state index contributed by atoms with van der Waals surface area (Å²) in [6.07, 6.45) is 7.76. The molecule has 2 unspecified atom stereocenters. The zero-order valence-corrected chi connectivity index (χ0v) is 13.5. The van der Waals surface area contributed by atoms with Crippen LogP contribution in [0.1, 0.15) is 71.1 Å². The molecule has 0 aromatic rings. The van der Waals surface area contributed by atoms with Gasteiger partial charge in [-0.25, -0.2) is 9.59 Å². The third-order valence-corrected chi connectivity index (χ3v) is 3.58. The lowest BCUT2D eigenvalue weighted by molar-refractivity contribution is -0.171. The monoisotopic (exact) mass is 318 g/mol. The first-order valence-corrected chi connectivity index (χ1v) is 8.26. The molecule has 0 aromatic carbocycles. The lowest BCUT2D eigenvalue weighted by atomic mass is 10.1. The van der Waals surface area contributed by atoms with Gasteiger partial charge in [0, 0.05) is 6.61 Å². The molecule has 22 heavy (non-hydrogen) atoms. The summed E-state index contributed by atoms with van der Waals surface area (Å²) in [6.45, 7) is 2.35. The fourth-order valence-corrected chi connectivity index (χ4v) is 2.23. The molecule has 3 N–H and O–H groups in total.